The molecule has 2 heterocycles. The van der Waals surface area contributed by atoms with E-state index in [0.29, 0.717) is 32.7 Å². The second kappa shape index (κ2) is 6.13. The quantitative estimate of drug-likeness (QED) is 0.731. The largest absolute Gasteiger partial charge is 0.339 e. The summed E-state index contributed by atoms with van der Waals surface area (Å²) in [5.41, 5.74) is 0. The second-order valence-electron chi connectivity index (χ2n) is 5.79. The first-order valence-electron chi connectivity index (χ1n) is 6.96. The number of carbonyl (C=O) groups is 1. The molecule has 1 N–H and O–H groups in total. The molecular formula is C12H21F2N3O3S. The van der Waals surface area contributed by atoms with Crippen LogP contribution >= 0.6 is 0 Å². The van der Waals surface area contributed by atoms with Crippen molar-refractivity contribution in [3.05, 3.63) is 0 Å². The summed E-state index contributed by atoms with van der Waals surface area (Å²) in [6.07, 6.45) is 0.749. The van der Waals surface area contributed by atoms with Crippen molar-refractivity contribution in [1.82, 2.24) is 15.1 Å². The zero-order valence-electron chi connectivity index (χ0n) is 12.0. The van der Waals surface area contributed by atoms with Crippen LogP contribution in [-0.4, -0.2) is 87.4 Å². The normalized spacial score (nSPS) is 27.0. The molecule has 122 valence electrons. The second-order valence-corrected chi connectivity index (χ2v) is 8.05. The molecular weight excluding hydrogens is 304 g/mol. The molecule has 2 rings (SSSR count). The molecule has 6 nitrogen and oxygen atoms in total. The Kier molecular flexibility index (Phi) is 4.84. The Hall–Kier alpha value is -0.800. The summed E-state index contributed by atoms with van der Waals surface area (Å²) in [6, 6.07) is -0.803. The van der Waals surface area contributed by atoms with Gasteiger partial charge in [0.15, 0.2) is 0 Å². The number of rotatable bonds is 4. The van der Waals surface area contributed by atoms with Gasteiger partial charge in [0.1, 0.15) is 9.84 Å². The molecule has 0 aromatic heterocycles. The van der Waals surface area contributed by atoms with Gasteiger partial charge in [0, 0.05) is 45.4 Å². The number of nitrogens with zero attached hydrogens (tertiary/aromatic N) is 2. The first kappa shape index (κ1) is 16.6. The number of amides is 1. The zero-order valence-corrected chi connectivity index (χ0v) is 12.8. The number of sulfone groups is 1. The summed E-state index contributed by atoms with van der Waals surface area (Å²) < 4.78 is 48.4. The Labute approximate surface area is 123 Å². The van der Waals surface area contributed by atoms with Gasteiger partial charge in [-0.2, -0.15) is 0 Å². The van der Waals surface area contributed by atoms with E-state index in [1.165, 1.54) is 6.26 Å². The molecule has 0 aromatic rings. The first-order chi connectivity index (χ1) is 9.66. The van der Waals surface area contributed by atoms with E-state index in [9.17, 15) is 22.0 Å². The van der Waals surface area contributed by atoms with Crippen LogP contribution in [0.1, 0.15) is 6.42 Å². The number of carbonyl (C=O) groups excluding carboxylic acids is 1. The molecule has 2 aliphatic heterocycles. The fraction of sp³-hybridized carbons (Fsp3) is 0.917. The van der Waals surface area contributed by atoms with Gasteiger partial charge in [-0.3, -0.25) is 15.0 Å². The molecule has 1 atom stereocenters. The highest BCUT2D eigenvalue weighted by Crippen LogP contribution is 2.26. The summed E-state index contributed by atoms with van der Waals surface area (Å²) in [7, 11) is -2.99. The third-order valence-corrected chi connectivity index (χ3v) is 4.79. The van der Waals surface area contributed by atoms with Gasteiger partial charge in [-0.25, -0.2) is 17.2 Å². The third kappa shape index (κ3) is 4.86. The van der Waals surface area contributed by atoms with Crippen LogP contribution < -0.4 is 5.32 Å². The number of nitrogens with one attached hydrogen (secondary N) is 1. The lowest BCUT2D eigenvalue weighted by molar-refractivity contribution is -0.135. The number of alkyl halides is 2. The molecule has 9 heteroatoms. The van der Waals surface area contributed by atoms with E-state index < -0.39 is 34.8 Å². The number of hydrogen-bond donors (Lipinski definition) is 1. The minimum absolute atomic E-state index is 0.0946. The molecule has 21 heavy (non-hydrogen) atoms. The highest BCUT2D eigenvalue weighted by atomic mass is 32.2. The maximum Gasteiger partial charge on any atom is 0.262 e. The molecule has 0 spiro atoms. The van der Waals surface area contributed by atoms with E-state index in [2.05, 4.69) is 5.32 Å². The molecule has 2 aliphatic rings. The lowest BCUT2D eigenvalue weighted by Crippen LogP contribution is -2.53. The van der Waals surface area contributed by atoms with Crippen molar-refractivity contribution >= 4 is 15.7 Å². The monoisotopic (exact) mass is 325 g/mol. The summed E-state index contributed by atoms with van der Waals surface area (Å²) in [5.74, 6) is -3.00. The Morgan fingerprint density at radius 3 is 2.38 bits per heavy atom. The zero-order chi connectivity index (χ0) is 15.7. The van der Waals surface area contributed by atoms with Crippen molar-refractivity contribution in [2.24, 2.45) is 0 Å². The molecule has 0 aliphatic carbocycles. The van der Waals surface area contributed by atoms with Crippen LogP contribution in [0.4, 0.5) is 8.78 Å². The summed E-state index contributed by atoms with van der Waals surface area (Å²) in [4.78, 5) is 15.7. The number of hydrogen-bond acceptors (Lipinski definition) is 5. The topological polar surface area (TPSA) is 69.7 Å². The van der Waals surface area contributed by atoms with Crippen molar-refractivity contribution in [3.63, 3.8) is 0 Å². The van der Waals surface area contributed by atoms with E-state index in [-0.39, 0.29) is 11.7 Å². The van der Waals surface area contributed by atoms with Gasteiger partial charge in [0.05, 0.1) is 18.3 Å². The first-order valence-corrected chi connectivity index (χ1v) is 9.02. The molecule has 1 amide bonds. The van der Waals surface area contributed by atoms with Gasteiger partial charge < -0.3 is 4.90 Å². The van der Waals surface area contributed by atoms with Crippen LogP contribution in [0.2, 0.25) is 0 Å². The highest BCUT2D eigenvalue weighted by Gasteiger charge is 2.43. The van der Waals surface area contributed by atoms with Crippen molar-refractivity contribution in [2.45, 2.75) is 18.4 Å². The van der Waals surface area contributed by atoms with Gasteiger partial charge in [0.25, 0.3) is 5.92 Å². The average Bonchev–Trinajstić information content (AvgIpc) is 2.76. The lowest BCUT2D eigenvalue weighted by atomic mass is 10.1. The van der Waals surface area contributed by atoms with Gasteiger partial charge in [-0.15, -0.1) is 0 Å². The molecule has 2 saturated heterocycles. The molecule has 1 unspecified atom stereocenters. The third-order valence-electron chi connectivity index (χ3n) is 3.87. The highest BCUT2D eigenvalue weighted by molar-refractivity contribution is 7.90. The molecule has 2 fully saturated rings. The van der Waals surface area contributed by atoms with Gasteiger partial charge in [0.2, 0.25) is 5.91 Å². The lowest BCUT2D eigenvalue weighted by Gasteiger charge is -2.35. The van der Waals surface area contributed by atoms with Gasteiger partial charge in [-0.05, 0) is 0 Å². The van der Waals surface area contributed by atoms with Crippen molar-refractivity contribution in [2.75, 3.05) is 51.3 Å². The van der Waals surface area contributed by atoms with E-state index in [1.54, 1.807) is 4.90 Å². The summed E-state index contributed by atoms with van der Waals surface area (Å²) in [5, 5.41) is 2.57. The standard InChI is InChI=1S/C12H21F2N3O3S/c1-21(19,20)7-6-16-2-4-17(5-3-16)11(18)10-8-12(13,14)9-15-10/h10,15H,2-9H2,1H3. The molecule has 0 aromatic carbocycles. The minimum atomic E-state index is -2.99. The molecule has 0 bridgehead atoms. The van der Waals surface area contributed by atoms with Crippen LogP contribution in [-0.2, 0) is 14.6 Å². The van der Waals surface area contributed by atoms with Crippen LogP contribution in [0.15, 0.2) is 0 Å². The van der Waals surface area contributed by atoms with Crippen molar-refractivity contribution in [1.29, 1.82) is 0 Å². The SMILES string of the molecule is CS(=O)(=O)CCN1CCN(C(=O)C2CC(F)(F)CN2)CC1. The van der Waals surface area contributed by atoms with Crippen molar-refractivity contribution in [3.8, 4) is 0 Å². The Morgan fingerprint density at radius 1 is 1.29 bits per heavy atom. The maximum atomic E-state index is 13.1. The van der Waals surface area contributed by atoms with Gasteiger partial charge in [-0.1, -0.05) is 0 Å². The van der Waals surface area contributed by atoms with E-state index in [0.717, 1.165) is 0 Å². The molecule has 0 radical (unpaired) electrons. The molecule has 0 saturated carbocycles. The maximum absolute atomic E-state index is 13.1. The predicted octanol–water partition coefficient (Wildman–Crippen LogP) is -0.828. The van der Waals surface area contributed by atoms with E-state index >= 15 is 0 Å². The smallest absolute Gasteiger partial charge is 0.262 e. The van der Waals surface area contributed by atoms with Crippen LogP contribution in [0.3, 0.4) is 0 Å². The van der Waals surface area contributed by atoms with E-state index in [1.807, 2.05) is 4.90 Å². The minimum Gasteiger partial charge on any atom is -0.339 e. The van der Waals surface area contributed by atoms with Crippen LogP contribution in [0.25, 0.3) is 0 Å². The predicted molar refractivity (Wildman–Crippen MR) is 74.1 cm³/mol. The van der Waals surface area contributed by atoms with Crippen molar-refractivity contribution < 1.29 is 22.0 Å². The Bertz CT molecular complexity index is 490. The summed E-state index contributed by atoms with van der Waals surface area (Å²) in [6.45, 7) is 2.05. The van der Waals surface area contributed by atoms with Crippen LogP contribution in [0, 0.1) is 0 Å². The Morgan fingerprint density at radius 2 is 1.90 bits per heavy atom. The fourth-order valence-corrected chi connectivity index (χ4v) is 3.19. The Balaban J connectivity index is 1.77. The van der Waals surface area contributed by atoms with Crippen LogP contribution in [0.5, 0.6) is 0 Å². The number of halogens is 2. The van der Waals surface area contributed by atoms with Gasteiger partial charge >= 0.3 is 0 Å². The fourth-order valence-electron chi connectivity index (χ4n) is 2.60. The number of piperazine rings is 1. The summed E-state index contributed by atoms with van der Waals surface area (Å²) >= 11 is 0. The van der Waals surface area contributed by atoms with E-state index in [4.69, 9.17) is 0 Å². The average molecular weight is 325 g/mol.